The average Bonchev–Trinajstić information content (AvgIpc) is 3.14. The SMILES string of the molecule is C1=CC2CC1C1C2S2=NS1=NC(c1ccccc1)=N2. The highest BCUT2D eigenvalue weighted by Gasteiger charge is 2.53. The number of fused-ring (bicyclic) bond motifs is 8. The summed E-state index contributed by atoms with van der Waals surface area (Å²) in [5.74, 6) is 2.37. The number of rotatable bonds is 1. The van der Waals surface area contributed by atoms with Gasteiger partial charge in [-0.3, -0.25) is 0 Å². The van der Waals surface area contributed by atoms with E-state index in [0.29, 0.717) is 22.3 Å². The molecule has 5 heteroatoms. The van der Waals surface area contributed by atoms with Crippen molar-refractivity contribution >= 4 is 27.6 Å². The van der Waals surface area contributed by atoms with E-state index in [-0.39, 0.29) is 21.8 Å². The first-order chi connectivity index (χ1) is 9.40. The van der Waals surface area contributed by atoms with Crippen molar-refractivity contribution in [3.63, 3.8) is 0 Å². The molecule has 19 heavy (non-hydrogen) atoms. The lowest BCUT2D eigenvalue weighted by atomic mass is 10.1. The van der Waals surface area contributed by atoms with Gasteiger partial charge in [0, 0.05) is 27.3 Å². The van der Waals surface area contributed by atoms with Crippen LogP contribution in [0.4, 0.5) is 0 Å². The van der Waals surface area contributed by atoms with Crippen LogP contribution in [0.1, 0.15) is 12.0 Å². The van der Waals surface area contributed by atoms with E-state index < -0.39 is 0 Å². The van der Waals surface area contributed by atoms with Gasteiger partial charge in [-0.05, 0) is 18.3 Å². The first-order valence-corrected chi connectivity index (χ1v) is 9.03. The van der Waals surface area contributed by atoms with Crippen LogP contribution in [-0.4, -0.2) is 16.3 Å². The lowest BCUT2D eigenvalue weighted by Gasteiger charge is -2.18. The van der Waals surface area contributed by atoms with Gasteiger partial charge in [-0.15, -0.1) is 0 Å². The van der Waals surface area contributed by atoms with Crippen molar-refractivity contribution in [1.82, 2.24) is 0 Å². The summed E-state index contributed by atoms with van der Waals surface area (Å²) in [6, 6.07) is 10.4. The molecule has 2 heterocycles. The molecule has 0 amide bonds. The van der Waals surface area contributed by atoms with Gasteiger partial charge in [0.05, 0.1) is 10.5 Å². The summed E-state index contributed by atoms with van der Waals surface area (Å²) in [7, 11) is -0.265. The largest absolute Gasteiger partial charge is 0.184 e. The molecule has 0 saturated heterocycles. The van der Waals surface area contributed by atoms with Gasteiger partial charge in [0.15, 0.2) is 5.84 Å². The summed E-state index contributed by atoms with van der Waals surface area (Å²) in [4.78, 5) is 0. The Hall–Kier alpha value is -1.07. The maximum atomic E-state index is 4.86. The van der Waals surface area contributed by atoms with Gasteiger partial charge in [-0.2, -0.15) is 12.5 Å². The van der Waals surface area contributed by atoms with Crippen LogP contribution in [0.15, 0.2) is 55.0 Å². The number of hydrogen-bond acceptors (Lipinski definition) is 3. The van der Waals surface area contributed by atoms with Crippen LogP contribution >= 0.6 is 0 Å². The van der Waals surface area contributed by atoms with Gasteiger partial charge < -0.3 is 0 Å². The van der Waals surface area contributed by atoms with Gasteiger partial charge in [-0.1, -0.05) is 42.5 Å². The predicted molar refractivity (Wildman–Crippen MR) is 80.9 cm³/mol. The minimum Gasteiger partial charge on any atom is -0.184 e. The molecule has 6 unspecified atom stereocenters. The van der Waals surface area contributed by atoms with Gasteiger partial charge in [0.2, 0.25) is 0 Å². The lowest BCUT2D eigenvalue weighted by Crippen LogP contribution is -2.29. The fourth-order valence-corrected chi connectivity index (χ4v) is 8.64. The van der Waals surface area contributed by atoms with Crippen molar-refractivity contribution in [2.24, 2.45) is 24.4 Å². The Morgan fingerprint density at radius 3 is 2.47 bits per heavy atom. The second kappa shape index (κ2) is 3.73. The molecular weight excluding hydrogens is 274 g/mol. The average molecular weight is 287 g/mol. The van der Waals surface area contributed by atoms with E-state index in [1.807, 2.05) is 6.07 Å². The van der Waals surface area contributed by atoms with E-state index in [1.54, 1.807) is 0 Å². The normalized spacial score (nSPS) is 44.5. The third kappa shape index (κ3) is 1.40. The first-order valence-electron chi connectivity index (χ1n) is 6.63. The molecule has 3 nitrogen and oxygen atoms in total. The van der Waals surface area contributed by atoms with Crippen molar-refractivity contribution in [2.75, 3.05) is 0 Å². The molecule has 6 atom stereocenters. The first kappa shape index (κ1) is 10.7. The molecule has 0 spiro atoms. The molecule has 1 saturated carbocycles. The van der Waals surface area contributed by atoms with Gasteiger partial charge in [0.1, 0.15) is 0 Å². The smallest absolute Gasteiger partial charge is 0.177 e. The van der Waals surface area contributed by atoms with Crippen LogP contribution in [0.2, 0.25) is 0 Å². The zero-order valence-electron chi connectivity index (χ0n) is 10.2. The number of amidine groups is 1. The molecule has 4 aliphatic rings. The van der Waals surface area contributed by atoms with Crippen LogP contribution in [0.5, 0.6) is 0 Å². The molecule has 96 valence electrons. The second-order valence-corrected chi connectivity index (χ2v) is 8.63. The minimum absolute atomic E-state index is 0.133. The number of allylic oxidation sites excluding steroid dienone is 2. The van der Waals surface area contributed by atoms with Crippen molar-refractivity contribution in [3.05, 3.63) is 48.0 Å². The highest BCUT2D eigenvalue weighted by Crippen LogP contribution is 2.50. The Balaban J connectivity index is 1.62. The fourth-order valence-electron chi connectivity index (χ4n) is 3.50. The molecule has 1 fully saturated rings. The monoisotopic (exact) mass is 287 g/mol. The fraction of sp³-hybridized carbons (Fsp3) is 0.357. The Labute approximate surface area is 117 Å². The van der Waals surface area contributed by atoms with E-state index in [2.05, 4.69) is 36.4 Å². The lowest BCUT2D eigenvalue weighted by molar-refractivity contribution is 0.694. The van der Waals surface area contributed by atoms with E-state index >= 15 is 0 Å². The van der Waals surface area contributed by atoms with Gasteiger partial charge >= 0.3 is 0 Å². The third-order valence-electron chi connectivity index (χ3n) is 4.35. The van der Waals surface area contributed by atoms with Crippen LogP contribution in [0.3, 0.4) is 0 Å². The predicted octanol–water partition coefficient (Wildman–Crippen LogP) is 2.84. The molecule has 1 aromatic carbocycles. The molecule has 0 N–H and O–H groups in total. The standard InChI is InChI=1S/C14H13N3S2/c1-2-4-9(5-3-1)14-15-18-12-10-6-7-11(8-10)13(12)19(16-14)17-18/h1-7,10-13H,8H2. The summed E-state index contributed by atoms with van der Waals surface area (Å²) in [6.07, 6.45) is 6.12. The van der Waals surface area contributed by atoms with E-state index in [9.17, 15) is 0 Å². The molecular formula is C14H13N3S2. The summed E-state index contributed by atoms with van der Waals surface area (Å²) in [6.45, 7) is 0. The van der Waals surface area contributed by atoms with Crippen LogP contribution in [0.25, 0.3) is 0 Å². The van der Waals surface area contributed by atoms with Crippen molar-refractivity contribution < 1.29 is 0 Å². The minimum atomic E-state index is -0.133. The molecule has 1 aromatic rings. The van der Waals surface area contributed by atoms with E-state index in [4.69, 9.17) is 12.5 Å². The molecule has 2 aliphatic heterocycles. The maximum Gasteiger partial charge on any atom is 0.177 e. The van der Waals surface area contributed by atoms with Crippen LogP contribution in [0, 0.1) is 11.8 Å². The Kier molecular flexibility index (Phi) is 2.10. The maximum absolute atomic E-state index is 4.86. The highest BCUT2D eigenvalue weighted by molar-refractivity contribution is 8.02. The van der Waals surface area contributed by atoms with Gasteiger partial charge in [-0.25, -0.2) is 0 Å². The molecule has 5 rings (SSSR count). The van der Waals surface area contributed by atoms with E-state index in [0.717, 1.165) is 11.4 Å². The number of benzene rings is 1. The molecule has 2 aliphatic carbocycles. The summed E-state index contributed by atoms with van der Waals surface area (Å²) in [5, 5.41) is 1.31. The Morgan fingerprint density at radius 1 is 0.947 bits per heavy atom. The zero-order chi connectivity index (χ0) is 12.4. The van der Waals surface area contributed by atoms with Crippen LogP contribution in [-0.2, 0) is 21.8 Å². The van der Waals surface area contributed by atoms with Crippen molar-refractivity contribution in [1.29, 1.82) is 0 Å². The van der Waals surface area contributed by atoms with E-state index in [1.165, 1.54) is 6.42 Å². The molecule has 0 radical (unpaired) electrons. The van der Waals surface area contributed by atoms with Crippen molar-refractivity contribution in [3.8, 4) is 0 Å². The number of nitrogens with zero attached hydrogens (tertiary/aromatic N) is 3. The topological polar surface area (TPSA) is 37.1 Å². The molecule has 0 aromatic heterocycles. The summed E-state index contributed by atoms with van der Waals surface area (Å²) >= 11 is 0. The highest BCUT2D eigenvalue weighted by atomic mass is 32.2. The Bertz CT molecular complexity index is 690. The quantitative estimate of drug-likeness (QED) is 0.712. The van der Waals surface area contributed by atoms with Crippen molar-refractivity contribution in [2.45, 2.75) is 16.9 Å². The second-order valence-electron chi connectivity index (χ2n) is 5.41. The summed E-state index contributed by atoms with van der Waals surface area (Å²) in [5.41, 5.74) is 1.15. The Morgan fingerprint density at radius 2 is 1.68 bits per heavy atom. The van der Waals surface area contributed by atoms with Gasteiger partial charge in [0.25, 0.3) is 0 Å². The summed E-state index contributed by atoms with van der Waals surface area (Å²) < 4.78 is 14.6. The third-order valence-corrected chi connectivity index (χ3v) is 8.72. The van der Waals surface area contributed by atoms with Crippen LogP contribution < -0.4 is 0 Å². The molecule has 4 bridgehead atoms. The number of hydrogen-bond donors (Lipinski definition) is 0. The zero-order valence-corrected chi connectivity index (χ0v) is 11.8.